The molecule has 1 saturated heterocycles. The lowest BCUT2D eigenvalue weighted by atomic mass is 10.0. The van der Waals surface area contributed by atoms with E-state index in [-0.39, 0.29) is 0 Å². The molecular weight excluding hydrogens is 280 g/mol. The fraction of sp³-hybridized carbons (Fsp3) is 0.692. The van der Waals surface area contributed by atoms with Gasteiger partial charge in [-0.3, -0.25) is 4.90 Å². The van der Waals surface area contributed by atoms with Crippen molar-refractivity contribution in [1.82, 2.24) is 10.2 Å². The Hall–Kier alpha value is -0.320. The molecule has 1 aliphatic heterocycles. The number of nitrogens with zero attached hydrogens (tertiary/aromatic N) is 1. The third kappa shape index (κ3) is 3.12. The SMILES string of the molecule is CCN(C1CCCNC1)C(C)c1ccc(Br)o1. The molecule has 1 aromatic rings. The van der Waals surface area contributed by atoms with Crippen LogP contribution in [-0.2, 0) is 0 Å². The van der Waals surface area contributed by atoms with Crippen LogP contribution in [0.4, 0.5) is 0 Å². The minimum absolute atomic E-state index is 0.344. The van der Waals surface area contributed by atoms with E-state index in [1.165, 1.54) is 12.8 Å². The van der Waals surface area contributed by atoms with Gasteiger partial charge < -0.3 is 9.73 Å². The second kappa shape index (κ2) is 6.03. The first-order chi connectivity index (χ1) is 8.22. The lowest BCUT2D eigenvalue weighted by Gasteiger charge is -2.37. The van der Waals surface area contributed by atoms with Gasteiger partial charge in [-0.25, -0.2) is 0 Å². The predicted molar refractivity (Wildman–Crippen MR) is 73.1 cm³/mol. The van der Waals surface area contributed by atoms with Gasteiger partial charge in [0.2, 0.25) is 0 Å². The molecule has 4 heteroatoms. The van der Waals surface area contributed by atoms with Crippen LogP contribution in [0.15, 0.2) is 21.2 Å². The molecule has 17 heavy (non-hydrogen) atoms. The van der Waals surface area contributed by atoms with Gasteiger partial charge in [0, 0.05) is 12.6 Å². The number of piperidine rings is 1. The summed E-state index contributed by atoms with van der Waals surface area (Å²) in [4.78, 5) is 2.53. The molecule has 1 N–H and O–H groups in total. The standard InChI is InChI=1S/C13H21BrN2O/c1-3-16(11-5-4-8-15-9-11)10(2)12-6-7-13(14)17-12/h6-7,10-11,15H,3-5,8-9H2,1-2H3. The molecule has 0 radical (unpaired) electrons. The van der Waals surface area contributed by atoms with Crippen LogP contribution in [-0.4, -0.2) is 30.6 Å². The highest BCUT2D eigenvalue weighted by Gasteiger charge is 2.26. The molecule has 0 amide bonds. The van der Waals surface area contributed by atoms with Crippen molar-refractivity contribution >= 4 is 15.9 Å². The van der Waals surface area contributed by atoms with Gasteiger partial charge in [0.05, 0.1) is 6.04 Å². The van der Waals surface area contributed by atoms with E-state index < -0.39 is 0 Å². The number of nitrogens with one attached hydrogen (secondary N) is 1. The highest BCUT2D eigenvalue weighted by atomic mass is 79.9. The van der Waals surface area contributed by atoms with Crippen molar-refractivity contribution in [3.8, 4) is 0 Å². The summed E-state index contributed by atoms with van der Waals surface area (Å²) >= 11 is 3.37. The summed E-state index contributed by atoms with van der Waals surface area (Å²) in [5, 5.41) is 3.48. The number of hydrogen-bond donors (Lipinski definition) is 1. The Morgan fingerprint density at radius 2 is 2.41 bits per heavy atom. The minimum Gasteiger partial charge on any atom is -0.453 e. The molecule has 0 aliphatic carbocycles. The summed E-state index contributed by atoms with van der Waals surface area (Å²) in [6.07, 6.45) is 2.56. The van der Waals surface area contributed by atoms with Gasteiger partial charge in [-0.15, -0.1) is 0 Å². The van der Waals surface area contributed by atoms with Crippen molar-refractivity contribution in [3.05, 3.63) is 22.6 Å². The molecule has 2 atom stereocenters. The third-order valence-corrected chi connectivity index (χ3v) is 4.03. The normalized spacial score (nSPS) is 22.9. The Morgan fingerprint density at radius 3 is 2.94 bits per heavy atom. The number of hydrogen-bond acceptors (Lipinski definition) is 3. The maximum atomic E-state index is 5.67. The van der Waals surface area contributed by atoms with Gasteiger partial charge in [-0.1, -0.05) is 6.92 Å². The molecule has 96 valence electrons. The number of likely N-dealkylation sites (N-methyl/N-ethyl adjacent to an activating group) is 1. The van der Waals surface area contributed by atoms with Gasteiger partial charge in [-0.05, 0) is 60.9 Å². The average Bonchev–Trinajstić information content (AvgIpc) is 2.78. The molecule has 0 spiro atoms. The van der Waals surface area contributed by atoms with Gasteiger partial charge in [0.15, 0.2) is 4.67 Å². The third-order valence-electron chi connectivity index (χ3n) is 3.61. The smallest absolute Gasteiger partial charge is 0.169 e. The Bertz CT molecular complexity index is 347. The summed E-state index contributed by atoms with van der Waals surface area (Å²) < 4.78 is 6.49. The van der Waals surface area contributed by atoms with E-state index in [1.54, 1.807) is 0 Å². The first-order valence-electron chi connectivity index (χ1n) is 6.44. The summed E-state index contributed by atoms with van der Waals surface area (Å²) in [5.41, 5.74) is 0. The number of rotatable bonds is 4. The fourth-order valence-corrected chi connectivity index (χ4v) is 3.00. The Kier molecular flexibility index (Phi) is 4.65. The fourth-order valence-electron chi connectivity index (χ4n) is 2.68. The second-order valence-corrected chi connectivity index (χ2v) is 5.43. The summed E-state index contributed by atoms with van der Waals surface area (Å²) in [6.45, 7) is 7.77. The zero-order valence-corrected chi connectivity index (χ0v) is 12.2. The van der Waals surface area contributed by atoms with E-state index >= 15 is 0 Å². The zero-order chi connectivity index (χ0) is 12.3. The van der Waals surface area contributed by atoms with E-state index in [1.807, 2.05) is 6.07 Å². The molecule has 2 rings (SSSR count). The molecular formula is C13H21BrN2O. The van der Waals surface area contributed by atoms with Crippen LogP contribution in [0.1, 0.15) is 38.5 Å². The lowest BCUT2D eigenvalue weighted by Crippen LogP contribution is -2.46. The van der Waals surface area contributed by atoms with Crippen LogP contribution in [0.3, 0.4) is 0 Å². The van der Waals surface area contributed by atoms with Gasteiger partial charge in [0.1, 0.15) is 5.76 Å². The summed E-state index contributed by atoms with van der Waals surface area (Å²) in [7, 11) is 0. The van der Waals surface area contributed by atoms with Gasteiger partial charge in [-0.2, -0.15) is 0 Å². The van der Waals surface area contributed by atoms with Crippen LogP contribution in [0.5, 0.6) is 0 Å². The van der Waals surface area contributed by atoms with Crippen molar-refractivity contribution < 1.29 is 4.42 Å². The maximum absolute atomic E-state index is 5.67. The summed E-state index contributed by atoms with van der Waals surface area (Å²) in [5.74, 6) is 1.05. The van der Waals surface area contributed by atoms with Crippen molar-refractivity contribution in [2.75, 3.05) is 19.6 Å². The topological polar surface area (TPSA) is 28.4 Å². The number of furan rings is 1. The van der Waals surface area contributed by atoms with Crippen molar-refractivity contribution in [2.24, 2.45) is 0 Å². The first-order valence-corrected chi connectivity index (χ1v) is 7.23. The Morgan fingerprint density at radius 1 is 1.59 bits per heavy atom. The summed E-state index contributed by atoms with van der Waals surface area (Å²) in [6, 6.07) is 5.01. The average molecular weight is 301 g/mol. The predicted octanol–water partition coefficient (Wildman–Crippen LogP) is 3.18. The minimum atomic E-state index is 0.344. The highest BCUT2D eigenvalue weighted by Crippen LogP contribution is 2.27. The van der Waals surface area contributed by atoms with E-state index in [0.717, 1.165) is 30.1 Å². The highest BCUT2D eigenvalue weighted by molar-refractivity contribution is 9.10. The monoisotopic (exact) mass is 300 g/mol. The van der Waals surface area contributed by atoms with E-state index in [0.29, 0.717) is 12.1 Å². The molecule has 1 fully saturated rings. The molecule has 0 bridgehead atoms. The molecule has 3 nitrogen and oxygen atoms in total. The molecule has 2 unspecified atom stereocenters. The molecule has 0 aromatic carbocycles. The molecule has 2 heterocycles. The Labute approximate surface area is 112 Å². The molecule has 1 aromatic heterocycles. The van der Waals surface area contributed by atoms with Crippen LogP contribution < -0.4 is 5.32 Å². The zero-order valence-electron chi connectivity index (χ0n) is 10.6. The van der Waals surface area contributed by atoms with Crippen LogP contribution in [0, 0.1) is 0 Å². The van der Waals surface area contributed by atoms with Crippen LogP contribution >= 0.6 is 15.9 Å². The quantitative estimate of drug-likeness (QED) is 0.926. The first kappa shape index (κ1) is 13.1. The second-order valence-electron chi connectivity index (χ2n) is 4.65. The van der Waals surface area contributed by atoms with Gasteiger partial charge in [0.25, 0.3) is 0 Å². The Balaban J connectivity index is 2.06. The molecule has 1 aliphatic rings. The van der Waals surface area contributed by atoms with Gasteiger partial charge >= 0.3 is 0 Å². The van der Waals surface area contributed by atoms with Crippen molar-refractivity contribution in [3.63, 3.8) is 0 Å². The molecule has 0 saturated carbocycles. The largest absolute Gasteiger partial charge is 0.453 e. The van der Waals surface area contributed by atoms with E-state index in [4.69, 9.17) is 4.42 Å². The van der Waals surface area contributed by atoms with E-state index in [2.05, 4.69) is 46.1 Å². The maximum Gasteiger partial charge on any atom is 0.169 e. The van der Waals surface area contributed by atoms with Crippen molar-refractivity contribution in [1.29, 1.82) is 0 Å². The van der Waals surface area contributed by atoms with E-state index in [9.17, 15) is 0 Å². The number of halogens is 1. The van der Waals surface area contributed by atoms with Crippen LogP contribution in [0.2, 0.25) is 0 Å². The van der Waals surface area contributed by atoms with Crippen molar-refractivity contribution in [2.45, 2.75) is 38.8 Å². The lowest BCUT2D eigenvalue weighted by molar-refractivity contribution is 0.114. The van der Waals surface area contributed by atoms with Crippen LogP contribution in [0.25, 0.3) is 0 Å².